The van der Waals surface area contributed by atoms with Gasteiger partial charge in [0.25, 0.3) is 0 Å². The summed E-state index contributed by atoms with van der Waals surface area (Å²) in [6.45, 7) is 5.20. The minimum Gasteiger partial charge on any atom is -0.316 e. The molecule has 5 heteroatoms. The Morgan fingerprint density at radius 2 is 1.96 bits per heavy atom. The van der Waals surface area contributed by atoms with Crippen molar-refractivity contribution in [3.8, 4) is 0 Å². The number of hydrogen-bond acceptors (Lipinski definition) is 3. The minimum absolute atomic E-state index is 0.0412. The molecule has 0 bridgehead atoms. The molecule has 0 spiro atoms. The van der Waals surface area contributed by atoms with Crippen molar-refractivity contribution < 1.29 is 4.79 Å². The van der Waals surface area contributed by atoms with Crippen LogP contribution in [-0.4, -0.2) is 16.2 Å². The van der Waals surface area contributed by atoms with Gasteiger partial charge in [-0.05, 0) is 42.7 Å². The van der Waals surface area contributed by atoms with Crippen molar-refractivity contribution in [2.24, 2.45) is 4.99 Å². The highest BCUT2D eigenvalue weighted by molar-refractivity contribution is 7.99. The number of benzene rings is 2. The molecule has 0 unspecified atom stereocenters. The molecule has 0 aliphatic heterocycles. The quantitative estimate of drug-likeness (QED) is 0.519. The Kier molecular flexibility index (Phi) is 6.69. The third kappa shape index (κ3) is 4.65. The standard InChI is InChI=1S/C21H24N2OS2/c1-3-13-23-18-11-10-16(4-2)15-19(18)26-21(23)22-20(24)12-14-25-17-8-6-5-7-9-17/h5-11,15H,3-4,12-14H2,1-2H3. The maximum absolute atomic E-state index is 12.4. The van der Waals surface area contributed by atoms with Crippen LogP contribution in [0.4, 0.5) is 0 Å². The Labute approximate surface area is 162 Å². The van der Waals surface area contributed by atoms with Gasteiger partial charge in [0.2, 0.25) is 5.91 Å². The molecule has 1 heterocycles. The number of carbonyl (C=O) groups excluding carboxylic acids is 1. The molecule has 0 fully saturated rings. The fourth-order valence-electron chi connectivity index (χ4n) is 2.80. The van der Waals surface area contributed by atoms with Crippen molar-refractivity contribution in [3.63, 3.8) is 0 Å². The van der Waals surface area contributed by atoms with Gasteiger partial charge < -0.3 is 4.57 Å². The molecule has 3 rings (SSSR count). The summed E-state index contributed by atoms with van der Waals surface area (Å²) in [6.07, 6.45) is 2.50. The van der Waals surface area contributed by atoms with Crippen molar-refractivity contribution in [2.45, 2.75) is 44.6 Å². The lowest BCUT2D eigenvalue weighted by molar-refractivity contribution is -0.117. The summed E-state index contributed by atoms with van der Waals surface area (Å²) in [4.78, 5) is 18.8. The van der Waals surface area contributed by atoms with Gasteiger partial charge in [-0.25, -0.2) is 0 Å². The van der Waals surface area contributed by atoms with Crippen LogP contribution in [0.15, 0.2) is 58.4 Å². The first-order valence-electron chi connectivity index (χ1n) is 9.09. The fourth-order valence-corrected chi connectivity index (χ4v) is 4.80. The summed E-state index contributed by atoms with van der Waals surface area (Å²) in [6, 6.07) is 16.7. The molecule has 136 valence electrons. The molecule has 0 N–H and O–H groups in total. The summed E-state index contributed by atoms with van der Waals surface area (Å²) >= 11 is 3.32. The molecular weight excluding hydrogens is 360 g/mol. The van der Waals surface area contributed by atoms with E-state index in [1.807, 2.05) is 18.2 Å². The van der Waals surface area contributed by atoms with Gasteiger partial charge in [-0.1, -0.05) is 49.4 Å². The molecule has 3 nitrogen and oxygen atoms in total. The van der Waals surface area contributed by atoms with Crippen LogP contribution in [0.25, 0.3) is 10.2 Å². The minimum atomic E-state index is -0.0412. The Morgan fingerprint density at radius 1 is 1.15 bits per heavy atom. The van der Waals surface area contributed by atoms with E-state index in [1.54, 1.807) is 23.1 Å². The Morgan fingerprint density at radius 3 is 2.69 bits per heavy atom. The number of carbonyl (C=O) groups is 1. The number of hydrogen-bond donors (Lipinski definition) is 0. The van der Waals surface area contributed by atoms with Crippen molar-refractivity contribution in [3.05, 3.63) is 58.9 Å². The first kappa shape index (κ1) is 18.9. The molecule has 0 aliphatic rings. The van der Waals surface area contributed by atoms with E-state index < -0.39 is 0 Å². The highest BCUT2D eigenvalue weighted by Gasteiger charge is 2.08. The normalized spacial score (nSPS) is 12.0. The molecule has 26 heavy (non-hydrogen) atoms. The van der Waals surface area contributed by atoms with Crippen LogP contribution >= 0.6 is 23.1 Å². The Balaban J connectivity index is 1.78. The number of aryl methyl sites for hydroxylation is 2. The number of fused-ring (bicyclic) bond motifs is 1. The van der Waals surface area contributed by atoms with Crippen LogP contribution in [-0.2, 0) is 17.8 Å². The zero-order valence-electron chi connectivity index (χ0n) is 15.3. The second-order valence-electron chi connectivity index (χ2n) is 6.11. The highest BCUT2D eigenvalue weighted by atomic mass is 32.2. The van der Waals surface area contributed by atoms with Gasteiger partial charge >= 0.3 is 0 Å². The number of thioether (sulfide) groups is 1. The van der Waals surface area contributed by atoms with E-state index in [9.17, 15) is 4.79 Å². The van der Waals surface area contributed by atoms with Crippen LogP contribution < -0.4 is 4.80 Å². The zero-order valence-corrected chi connectivity index (χ0v) is 16.9. The van der Waals surface area contributed by atoms with Crippen molar-refractivity contribution in [1.29, 1.82) is 0 Å². The summed E-state index contributed by atoms with van der Waals surface area (Å²) in [5.41, 5.74) is 2.50. The van der Waals surface area contributed by atoms with E-state index in [1.165, 1.54) is 20.7 Å². The summed E-state index contributed by atoms with van der Waals surface area (Å²) in [5.74, 6) is 0.714. The molecule has 2 aromatic carbocycles. The number of aromatic nitrogens is 1. The second-order valence-corrected chi connectivity index (χ2v) is 8.29. The molecule has 0 aliphatic carbocycles. The molecular formula is C21H24N2OS2. The van der Waals surface area contributed by atoms with Gasteiger partial charge in [-0.15, -0.1) is 11.8 Å². The third-order valence-electron chi connectivity index (χ3n) is 4.15. The largest absolute Gasteiger partial charge is 0.316 e. The first-order chi connectivity index (χ1) is 12.7. The zero-order chi connectivity index (χ0) is 18.4. The lowest BCUT2D eigenvalue weighted by atomic mass is 10.2. The van der Waals surface area contributed by atoms with E-state index in [0.717, 1.165) is 29.9 Å². The molecule has 3 aromatic rings. The SMILES string of the molecule is CCCn1c(=NC(=O)CCSc2ccccc2)sc2cc(CC)ccc21. The van der Waals surface area contributed by atoms with Crippen molar-refractivity contribution in [1.82, 2.24) is 4.57 Å². The number of nitrogens with zero attached hydrogens (tertiary/aromatic N) is 2. The van der Waals surface area contributed by atoms with Crippen LogP contribution in [0.5, 0.6) is 0 Å². The molecule has 0 atom stereocenters. The van der Waals surface area contributed by atoms with Crippen molar-refractivity contribution in [2.75, 3.05) is 5.75 Å². The first-order valence-corrected chi connectivity index (χ1v) is 10.9. The summed E-state index contributed by atoms with van der Waals surface area (Å²) in [5, 5.41) is 0. The lowest BCUT2D eigenvalue weighted by Crippen LogP contribution is -2.16. The second kappa shape index (κ2) is 9.19. The topological polar surface area (TPSA) is 34.4 Å². The third-order valence-corrected chi connectivity index (χ3v) is 6.21. The number of amides is 1. The average Bonchev–Trinajstić information content (AvgIpc) is 2.99. The maximum atomic E-state index is 12.4. The summed E-state index contributed by atoms with van der Waals surface area (Å²) in [7, 11) is 0. The van der Waals surface area contributed by atoms with Gasteiger partial charge in [0.05, 0.1) is 10.2 Å². The lowest BCUT2D eigenvalue weighted by Gasteiger charge is -2.03. The predicted octanol–water partition coefficient (Wildman–Crippen LogP) is 5.28. The van der Waals surface area contributed by atoms with Crippen LogP contribution in [0, 0.1) is 0 Å². The van der Waals surface area contributed by atoms with Crippen LogP contribution in [0.1, 0.15) is 32.3 Å². The van der Waals surface area contributed by atoms with Gasteiger partial charge in [0.15, 0.2) is 4.80 Å². The van der Waals surface area contributed by atoms with Crippen LogP contribution in [0.3, 0.4) is 0 Å². The predicted molar refractivity (Wildman–Crippen MR) is 112 cm³/mol. The molecule has 1 amide bonds. The van der Waals surface area contributed by atoms with E-state index >= 15 is 0 Å². The van der Waals surface area contributed by atoms with E-state index in [4.69, 9.17) is 0 Å². The summed E-state index contributed by atoms with van der Waals surface area (Å²) < 4.78 is 3.39. The van der Waals surface area contributed by atoms with E-state index in [-0.39, 0.29) is 5.91 Å². The van der Waals surface area contributed by atoms with Gasteiger partial charge in [0.1, 0.15) is 0 Å². The number of thiazole rings is 1. The van der Waals surface area contributed by atoms with Crippen molar-refractivity contribution >= 4 is 39.2 Å². The monoisotopic (exact) mass is 384 g/mol. The molecule has 0 saturated heterocycles. The van der Waals surface area contributed by atoms with Crippen LogP contribution in [0.2, 0.25) is 0 Å². The number of rotatable bonds is 7. The molecule has 0 radical (unpaired) electrons. The van der Waals surface area contributed by atoms with Gasteiger partial charge in [-0.2, -0.15) is 4.99 Å². The maximum Gasteiger partial charge on any atom is 0.249 e. The highest BCUT2D eigenvalue weighted by Crippen LogP contribution is 2.20. The Bertz CT molecular complexity index is 942. The van der Waals surface area contributed by atoms with Gasteiger partial charge in [0, 0.05) is 23.6 Å². The Hall–Kier alpha value is -1.85. The fraction of sp³-hybridized carbons (Fsp3) is 0.333. The van der Waals surface area contributed by atoms with E-state index in [0.29, 0.717) is 6.42 Å². The van der Waals surface area contributed by atoms with E-state index in [2.05, 4.69) is 53.7 Å². The molecule has 1 aromatic heterocycles. The van der Waals surface area contributed by atoms with Gasteiger partial charge in [-0.3, -0.25) is 4.79 Å². The molecule has 0 saturated carbocycles. The average molecular weight is 385 g/mol. The smallest absolute Gasteiger partial charge is 0.249 e.